The molecule has 19 heavy (non-hydrogen) atoms. The first-order valence-corrected chi connectivity index (χ1v) is 6.86. The smallest absolute Gasteiger partial charge is 0.463 e. The quantitative estimate of drug-likeness (QED) is 0.429. The average molecular weight is 293 g/mol. The van der Waals surface area contributed by atoms with Crippen LogP contribution in [0.4, 0.5) is 0 Å². The number of phosphoric ester groups is 1. The lowest BCUT2D eigenvalue weighted by Gasteiger charge is -2.04. The summed E-state index contributed by atoms with van der Waals surface area (Å²) < 4.78 is 18.3. The van der Waals surface area contributed by atoms with Crippen LogP contribution in [0.1, 0.15) is 6.92 Å². The Morgan fingerprint density at radius 3 is 1.68 bits per heavy atom. The Balaban J connectivity index is 0. The second kappa shape index (κ2) is 13.2. The van der Waals surface area contributed by atoms with E-state index in [4.69, 9.17) is 9.79 Å². The molecule has 0 unspecified atom stereocenters. The lowest BCUT2D eigenvalue weighted by Crippen LogP contribution is -2.06. The summed E-state index contributed by atoms with van der Waals surface area (Å²) in [4.78, 5) is 26.4. The van der Waals surface area contributed by atoms with Crippen molar-refractivity contribution in [2.24, 2.45) is 5.73 Å². The number of ether oxygens (including phenoxy) is 1. The predicted molar refractivity (Wildman–Crippen MR) is 71.2 cm³/mol. The molecule has 0 aromatic heterocycles. The summed E-state index contributed by atoms with van der Waals surface area (Å²) in [6, 6.07) is 12.0. The molecule has 0 fully saturated rings. The topological polar surface area (TPSA) is 119 Å². The molecular formula is C11H20NO6P. The van der Waals surface area contributed by atoms with Gasteiger partial charge in [0.15, 0.2) is 0 Å². The number of rotatable bonds is 4. The number of carbonyl (C=O) groups excluding carboxylic acids is 1. The van der Waals surface area contributed by atoms with Crippen LogP contribution >= 0.6 is 7.82 Å². The summed E-state index contributed by atoms with van der Waals surface area (Å²) in [7, 11) is -2.92. The van der Waals surface area contributed by atoms with E-state index in [-0.39, 0.29) is 13.2 Å². The van der Waals surface area contributed by atoms with E-state index < -0.39 is 13.8 Å². The minimum atomic E-state index is -4.42. The molecule has 0 bridgehead atoms. The summed E-state index contributed by atoms with van der Waals surface area (Å²) >= 11 is 0. The monoisotopic (exact) mass is 293 g/mol. The number of esters is 1. The van der Waals surface area contributed by atoms with Crippen molar-refractivity contribution in [3.05, 3.63) is 36.4 Å². The number of benzene rings is 1. The van der Waals surface area contributed by atoms with Gasteiger partial charge in [-0.05, 0) is 7.05 Å². The highest BCUT2D eigenvalue weighted by Crippen LogP contribution is 2.35. The van der Waals surface area contributed by atoms with E-state index >= 15 is 0 Å². The van der Waals surface area contributed by atoms with Crippen molar-refractivity contribution in [2.75, 3.05) is 20.3 Å². The molecule has 1 rings (SSSR count). The fourth-order valence-corrected chi connectivity index (χ4v) is 1.04. The maximum atomic E-state index is 10.1. The number of nitrogens with two attached hydrogens (primary N) is 1. The van der Waals surface area contributed by atoms with Crippen molar-refractivity contribution in [3.8, 4) is 0 Å². The Kier molecular flexibility index (Phi) is 14.0. The van der Waals surface area contributed by atoms with Gasteiger partial charge >= 0.3 is 13.8 Å². The van der Waals surface area contributed by atoms with Gasteiger partial charge in [0.2, 0.25) is 0 Å². The minimum Gasteiger partial charge on any atom is -0.463 e. The molecule has 4 N–H and O–H groups in total. The van der Waals surface area contributed by atoms with Crippen LogP contribution in [-0.2, 0) is 18.6 Å². The first kappa shape index (κ1) is 20.1. The van der Waals surface area contributed by atoms with Crippen molar-refractivity contribution in [1.82, 2.24) is 0 Å². The molecular weight excluding hydrogens is 273 g/mol. The van der Waals surface area contributed by atoms with Crippen LogP contribution in [-0.4, -0.2) is 36.0 Å². The molecule has 110 valence electrons. The fraction of sp³-hybridized carbons (Fsp3) is 0.364. The van der Waals surface area contributed by atoms with E-state index in [2.05, 4.69) is 15.0 Å². The Bertz CT molecular complexity index is 327. The molecule has 0 aliphatic carbocycles. The van der Waals surface area contributed by atoms with Gasteiger partial charge in [0.05, 0.1) is 6.61 Å². The van der Waals surface area contributed by atoms with Gasteiger partial charge in [0.1, 0.15) is 6.61 Å². The van der Waals surface area contributed by atoms with Crippen LogP contribution in [0, 0.1) is 0 Å². The molecule has 0 amide bonds. The molecule has 0 heterocycles. The van der Waals surface area contributed by atoms with Gasteiger partial charge in [0, 0.05) is 6.92 Å². The highest BCUT2D eigenvalue weighted by molar-refractivity contribution is 7.46. The van der Waals surface area contributed by atoms with E-state index in [0.717, 1.165) is 0 Å². The predicted octanol–water partition coefficient (Wildman–Crippen LogP) is 0.920. The van der Waals surface area contributed by atoms with E-state index in [1.165, 1.54) is 14.0 Å². The summed E-state index contributed by atoms with van der Waals surface area (Å²) in [5.41, 5.74) is 4.50. The van der Waals surface area contributed by atoms with Crippen molar-refractivity contribution < 1.29 is 28.4 Å². The lowest BCUT2D eigenvalue weighted by atomic mass is 10.4. The SMILES string of the molecule is CC(=O)OCCOP(=O)(O)O.CN.c1ccccc1. The van der Waals surface area contributed by atoms with Crippen molar-refractivity contribution in [2.45, 2.75) is 6.92 Å². The van der Waals surface area contributed by atoms with Gasteiger partial charge in [-0.2, -0.15) is 0 Å². The van der Waals surface area contributed by atoms with Gasteiger partial charge in [-0.15, -0.1) is 0 Å². The number of phosphoric acid groups is 1. The largest absolute Gasteiger partial charge is 0.469 e. The molecule has 0 aliphatic rings. The molecule has 0 saturated heterocycles. The maximum Gasteiger partial charge on any atom is 0.469 e. The summed E-state index contributed by atoms with van der Waals surface area (Å²) in [6.45, 7) is 0.738. The highest BCUT2D eigenvalue weighted by Gasteiger charge is 2.12. The molecule has 8 heteroatoms. The third-order valence-electron chi connectivity index (χ3n) is 1.31. The van der Waals surface area contributed by atoms with Crippen LogP contribution in [0.25, 0.3) is 0 Å². The Morgan fingerprint density at radius 1 is 1.05 bits per heavy atom. The molecule has 7 nitrogen and oxygen atoms in total. The third kappa shape index (κ3) is 22.4. The molecule has 0 atom stereocenters. The fourth-order valence-electron chi connectivity index (χ4n) is 0.726. The molecule has 0 spiro atoms. The maximum absolute atomic E-state index is 10.1. The van der Waals surface area contributed by atoms with Gasteiger partial charge in [-0.1, -0.05) is 36.4 Å². The summed E-state index contributed by atoms with van der Waals surface area (Å²) in [5, 5.41) is 0. The van der Waals surface area contributed by atoms with E-state index in [0.29, 0.717) is 0 Å². The number of hydrogen-bond acceptors (Lipinski definition) is 5. The Hall–Kier alpha value is -1.24. The number of carbonyl (C=O) groups is 1. The lowest BCUT2D eigenvalue weighted by molar-refractivity contribution is -0.141. The normalized spacial score (nSPS) is 9.32. The zero-order valence-corrected chi connectivity index (χ0v) is 11.8. The van der Waals surface area contributed by atoms with Crippen molar-refractivity contribution >= 4 is 13.8 Å². The average Bonchev–Trinajstić information content (AvgIpc) is 2.39. The first-order valence-electron chi connectivity index (χ1n) is 5.33. The molecule has 1 aromatic carbocycles. The third-order valence-corrected chi connectivity index (χ3v) is 1.83. The second-order valence-electron chi connectivity index (χ2n) is 2.82. The van der Waals surface area contributed by atoms with Crippen molar-refractivity contribution in [1.29, 1.82) is 0 Å². The Morgan fingerprint density at radius 2 is 1.42 bits per heavy atom. The van der Waals surface area contributed by atoms with E-state index in [9.17, 15) is 9.36 Å². The molecule has 0 aliphatic heterocycles. The Labute approximate surface area is 112 Å². The van der Waals surface area contributed by atoms with Crippen LogP contribution in [0.2, 0.25) is 0 Å². The van der Waals surface area contributed by atoms with Gasteiger partial charge < -0.3 is 20.3 Å². The van der Waals surface area contributed by atoms with Crippen LogP contribution in [0.3, 0.4) is 0 Å². The molecule has 0 radical (unpaired) electrons. The van der Waals surface area contributed by atoms with E-state index in [1.54, 1.807) is 0 Å². The molecule has 1 aromatic rings. The highest BCUT2D eigenvalue weighted by atomic mass is 31.2. The summed E-state index contributed by atoms with van der Waals surface area (Å²) in [5.74, 6) is -0.515. The second-order valence-corrected chi connectivity index (χ2v) is 4.06. The molecule has 0 saturated carbocycles. The zero-order chi connectivity index (χ0) is 15.1. The standard InChI is InChI=1S/C6H6.C4H9O6P.CH5N/c1-2-4-6-5-3-1;1-4(5)9-2-3-10-11(6,7)8;1-2/h1-6H;2-3H2,1H3,(H2,6,7,8);2H2,1H3. The first-order chi connectivity index (χ1) is 8.92. The van der Waals surface area contributed by atoms with Gasteiger partial charge in [-0.25, -0.2) is 4.57 Å². The van der Waals surface area contributed by atoms with Crippen LogP contribution in [0.5, 0.6) is 0 Å². The van der Waals surface area contributed by atoms with Gasteiger partial charge in [-0.3, -0.25) is 9.32 Å². The summed E-state index contributed by atoms with van der Waals surface area (Å²) in [6.07, 6.45) is 0. The van der Waals surface area contributed by atoms with Crippen LogP contribution < -0.4 is 5.73 Å². The number of hydrogen-bond donors (Lipinski definition) is 3. The van der Waals surface area contributed by atoms with E-state index in [1.807, 2.05) is 36.4 Å². The van der Waals surface area contributed by atoms with Crippen LogP contribution in [0.15, 0.2) is 36.4 Å². The van der Waals surface area contributed by atoms with Gasteiger partial charge in [0.25, 0.3) is 0 Å². The zero-order valence-electron chi connectivity index (χ0n) is 10.9. The van der Waals surface area contributed by atoms with Crippen molar-refractivity contribution in [3.63, 3.8) is 0 Å². The minimum absolute atomic E-state index is 0.152.